The van der Waals surface area contributed by atoms with E-state index in [1.54, 1.807) is 0 Å². The summed E-state index contributed by atoms with van der Waals surface area (Å²) in [5.41, 5.74) is 2.18. The number of benzene rings is 1. The average molecular weight is 386 g/mol. The first-order chi connectivity index (χ1) is 11.6. The molecule has 0 bridgehead atoms. The van der Waals surface area contributed by atoms with Gasteiger partial charge in [0.25, 0.3) is 5.91 Å². The average Bonchev–Trinajstić information content (AvgIpc) is 3.12. The SMILES string of the molecule is CNS(=O)OCC(=O)Nc1nc2c(s1)C(c1cccc(Cl)c1)CC2. The third-order valence-electron chi connectivity index (χ3n) is 3.67. The molecule has 3 rings (SSSR count). The Bertz CT molecular complexity index is 781. The molecule has 2 unspecified atom stereocenters. The summed E-state index contributed by atoms with van der Waals surface area (Å²) in [6, 6.07) is 7.83. The van der Waals surface area contributed by atoms with Gasteiger partial charge in [-0.2, -0.15) is 0 Å². The summed E-state index contributed by atoms with van der Waals surface area (Å²) in [6.45, 7) is -0.296. The lowest BCUT2D eigenvalue weighted by Crippen LogP contribution is -2.22. The number of nitrogens with zero attached hydrogens (tertiary/aromatic N) is 1. The minimum absolute atomic E-state index is 0.259. The first kappa shape index (κ1) is 17.5. The molecule has 2 N–H and O–H groups in total. The van der Waals surface area contributed by atoms with Gasteiger partial charge in [0.05, 0.1) is 5.69 Å². The second-order valence-electron chi connectivity index (χ2n) is 5.23. The molecule has 0 aliphatic heterocycles. The zero-order valence-electron chi connectivity index (χ0n) is 12.9. The maximum absolute atomic E-state index is 11.8. The van der Waals surface area contributed by atoms with E-state index in [0.29, 0.717) is 10.2 Å². The van der Waals surface area contributed by atoms with Crippen molar-refractivity contribution < 1.29 is 13.2 Å². The van der Waals surface area contributed by atoms with E-state index in [0.717, 1.165) is 29.0 Å². The van der Waals surface area contributed by atoms with Crippen LogP contribution in [-0.4, -0.2) is 28.8 Å². The molecule has 128 valence electrons. The molecule has 1 aromatic carbocycles. The number of thiazole rings is 1. The molecule has 1 aliphatic carbocycles. The Morgan fingerprint density at radius 1 is 1.54 bits per heavy atom. The molecule has 2 atom stereocenters. The number of nitrogens with one attached hydrogen (secondary N) is 2. The number of carbonyl (C=O) groups excluding carboxylic acids is 1. The van der Waals surface area contributed by atoms with Crippen molar-refractivity contribution in [3.63, 3.8) is 0 Å². The van der Waals surface area contributed by atoms with E-state index in [9.17, 15) is 9.00 Å². The molecule has 2 aromatic rings. The van der Waals surface area contributed by atoms with Gasteiger partial charge in [-0.1, -0.05) is 23.7 Å². The summed E-state index contributed by atoms with van der Waals surface area (Å²) in [7, 11) is 1.48. The van der Waals surface area contributed by atoms with Gasteiger partial charge >= 0.3 is 0 Å². The van der Waals surface area contributed by atoms with Crippen LogP contribution in [0.15, 0.2) is 24.3 Å². The van der Waals surface area contributed by atoms with Gasteiger partial charge in [0.1, 0.15) is 6.61 Å². The van der Waals surface area contributed by atoms with Crippen LogP contribution < -0.4 is 10.0 Å². The van der Waals surface area contributed by atoms with Gasteiger partial charge in [-0.25, -0.2) is 13.9 Å². The van der Waals surface area contributed by atoms with Gasteiger partial charge in [-0.05, 0) is 37.6 Å². The molecule has 0 fully saturated rings. The van der Waals surface area contributed by atoms with Crippen LogP contribution in [0.2, 0.25) is 5.02 Å². The van der Waals surface area contributed by atoms with Gasteiger partial charge in [0, 0.05) is 15.8 Å². The minimum Gasteiger partial charge on any atom is -0.300 e. The van der Waals surface area contributed by atoms with E-state index in [1.807, 2.05) is 18.2 Å². The lowest BCUT2D eigenvalue weighted by molar-refractivity contribution is -0.117. The second kappa shape index (κ2) is 7.71. The monoisotopic (exact) mass is 385 g/mol. The summed E-state index contributed by atoms with van der Waals surface area (Å²) >= 11 is 5.88. The summed E-state index contributed by atoms with van der Waals surface area (Å²) in [5.74, 6) is -0.125. The van der Waals surface area contributed by atoms with Crippen molar-refractivity contribution in [3.05, 3.63) is 45.4 Å². The normalized spacial score (nSPS) is 17.5. The summed E-state index contributed by atoms with van der Waals surface area (Å²) in [5, 5.41) is 3.94. The quantitative estimate of drug-likeness (QED) is 0.801. The maximum Gasteiger partial charge on any atom is 0.253 e. The third kappa shape index (κ3) is 4.01. The van der Waals surface area contributed by atoms with E-state index in [4.69, 9.17) is 15.8 Å². The number of aromatic nitrogens is 1. The van der Waals surface area contributed by atoms with E-state index in [2.05, 4.69) is 21.1 Å². The Morgan fingerprint density at radius 3 is 3.12 bits per heavy atom. The van der Waals surface area contributed by atoms with Crippen molar-refractivity contribution >= 4 is 45.2 Å². The number of hydrogen-bond acceptors (Lipinski definition) is 5. The predicted molar refractivity (Wildman–Crippen MR) is 95.5 cm³/mol. The van der Waals surface area contributed by atoms with Gasteiger partial charge in [0.2, 0.25) is 11.3 Å². The molecular formula is C15H16ClN3O3S2. The van der Waals surface area contributed by atoms with E-state index in [-0.39, 0.29) is 18.4 Å². The molecule has 24 heavy (non-hydrogen) atoms. The number of halogens is 1. The van der Waals surface area contributed by atoms with E-state index in [1.165, 1.54) is 18.4 Å². The summed E-state index contributed by atoms with van der Waals surface area (Å²) < 4.78 is 18.3. The zero-order chi connectivity index (χ0) is 17.1. The van der Waals surface area contributed by atoms with Crippen molar-refractivity contribution in [2.45, 2.75) is 18.8 Å². The highest BCUT2D eigenvalue weighted by Crippen LogP contribution is 2.43. The first-order valence-corrected chi connectivity index (χ1v) is 9.61. The molecular weight excluding hydrogens is 370 g/mol. The van der Waals surface area contributed by atoms with Crippen molar-refractivity contribution in [2.24, 2.45) is 0 Å². The Labute approximate surface area is 151 Å². The summed E-state index contributed by atoms with van der Waals surface area (Å²) in [4.78, 5) is 17.4. The Balaban J connectivity index is 1.69. The molecule has 0 radical (unpaired) electrons. The van der Waals surface area contributed by atoms with Crippen LogP contribution >= 0.6 is 22.9 Å². The van der Waals surface area contributed by atoms with Crippen molar-refractivity contribution in [3.8, 4) is 0 Å². The van der Waals surface area contributed by atoms with Crippen LogP contribution in [0.25, 0.3) is 0 Å². The highest BCUT2D eigenvalue weighted by molar-refractivity contribution is 7.78. The number of hydrogen-bond donors (Lipinski definition) is 2. The molecule has 1 aromatic heterocycles. The number of aryl methyl sites for hydroxylation is 1. The number of carbonyl (C=O) groups is 1. The number of rotatable bonds is 6. The van der Waals surface area contributed by atoms with Gasteiger partial charge < -0.3 is 0 Å². The number of amides is 1. The number of anilines is 1. The fraction of sp³-hybridized carbons (Fsp3) is 0.333. The first-order valence-electron chi connectivity index (χ1n) is 7.34. The largest absolute Gasteiger partial charge is 0.300 e. The highest BCUT2D eigenvalue weighted by Gasteiger charge is 2.28. The van der Waals surface area contributed by atoms with Crippen molar-refractivity contribution in [1.29, 1.82) is 0 Å². The Kier molecular flexibility index (Phi) is 5.62. The van der Waals surface area contributed by atoms with Gasteiger partial charge in [-0.3, -0.25) is 14.3 Å². The smallest absolute Gasteiger partial charge is 0.253 e. The van der Waals surface area contributed by atoms with E-state index < -0.39 is 11.3 Å². The van der Waals surface area contributed by atoms with Crippen LogP contribution in [0.1, 0.15) is 28.5 Å². The lowest BCUT2D eigenvalue weighted by atomic mass is 9.99. The molecule has 6 nitrogen and oxygen atoms in total. The molecule has 0 saturated carbocycles. The van der Waals surface area contributed by atoms with Gasteiger partial charge in [0.15, 0.2) is 5.13 Å². The topological polar surface area (TPSA) is 80.3 Å². The molecule has 0 saturated heterocycles. The van der Waals surface area contributed by atoms with Crippen LogP contribution in [-0.2, 0) is 26.7 Å². The molecule has 1 aliphatic rings. The Morgan fingerprint density at radius 2 is 2.38 bits per heavy atom. The molecule has 1 heterocycles. The maximum atomic E-state index is 11.8. The van der Waals surface area contributed by atoms with Crippen LogP contribution in [0.3, 0.4) is 0 Å². The van der Waals surface area contributed by atoms with Crippen molar-refractivity contribution in [1.82, 2.24) is 9.71 Å². The second-order valence-corrected chi connectivity index (χ2v) is 7.81. The number of fused-ring (bicyclic) bond motifs is 1. The van der Waals surface area contributed by atoms with E-state index >= 15 is 0 Å². The third-order valence-corrected chi connectivity index (χ3v) is 5.70. The minimum atomic E-state index is -1.67. The highest BCUT2D eigenvalue weighted by atomic mass is 35.5. The molecule has 9 heteroatoms. The van der Waals surface area contributed by atoms with Crippen LogP contribution in [0, 0.1) is 0 Å². The van der Waals surface area contributed by atoms with Crippen molar-refractivity contribution in [2.75, 3.05) is 19.0 Å². The van der Waals surface area contributed by atoms with Crippen LogP contribution in [0.5, 0.6) is 0 Å². The Hall–Kier alpha value is -1.32. The fourth-order valence-corrected chi connectivity index (χ4v) is 4.36. The standard InChI is InChI=1S/C15H16ClN3O3S2/c1-17-24(21)22-8-13(20)19-15-18-12-6-5-11(14(12)23-15)9-3-2-4-10(16)7-9/h2-4,7,11,17H,5-6,8H2,1H3,(H,18,19,20). The molecule has 1 amide bonds. The van der Waals surface area contributed by atoms with Gasteiger partial charge in [-0.15, -0.1) is 11.3 Å². The fourth-order valence-electron chi connectivity index (χ4n) is 2.64. The van der Waals surface area contributed by atoms with Crippen LogP contribution in [0.4, 0.5) is 5.13 Å². The zero-order valence-corrected chi connectivity index (χ0v) is 15.3. The predicted octanol–water partition coefficient (Wildman–Crippen LogP) is 2.63. The summed E-state index contributed by atoms with van der Waals surface area (Å²) in [6.07, 6.45) is 1.87. The lowest BCUT2D eigenvalue weighted by Gasteiger charge is -2.10. The molecule has 0 spiro atoms.